The van der Waals surface area contributed by atoms with Gasteiger partial charge in [0.2, 0.25) is 5.95 Å². The number of fused-ring (bicyclic) bond motifs is 1. The van der Waals surface area contributed by atoms with Crippen LogP contribution in [0.25, 0.3) is 11.0 Å². The molecule has 138 valence electrons. The standard InChI is InChI=1S/C20H21N5O2/c26-25(27)18-9-3-1-7-16(18)15-21-20-22-17-8-2-4-10-19(17)24(20)14-13-23-11-5-6-12-23/h1-4,7-10,15H,5-6,11-14H2/b21-15+. The average Bonchev–Trinajstić information content (AvgIpc) is 3.32. The largest absolute Gasteiger partial charge is 0.307 e. The lowest BCUT2D eigenvalue weighted by Gasteiger charge is -2.15. The average molecular weight is 363 g/mol. The summed E-state index contributed by atoms with van der Waals surface area (Å²) in [4.78, 5) is 22.4. The van der Waals surface area contributed by atoms with Gasteiger partial charge in [0.1, 0.15) is 0 Å². The van der Waals surface area contributed by atoms with Crippen molar-refractivity contribution in [1.82, 2.24) is 14.5 Å². The minimum atomic E-state index is -0.391. The minimum Gasteiger partial charge on any atom is -0.307 e. The maximum Gasteiger partial charge on any atom is 0.278 e. The third-order valence-electron chi connectivity index (χ3n) is 4.93. The van der Waals surface area contributed by atoms with Crippen molar-refractivity contribution in [3.63, 3.8) is 0 Å². The summed E-state index contributed by atoms with van der Waals surface area (Å²) in [6.45, 7) is 4.03. The van der Waals surface area contributed by atoms with Gasteiger partial charge in [-0.05, 0) is 44.1 Å². The molecule has 0 unspecified atom stereocenters. The lowest BCUT2D eigenvalue weighted by Crippen LogP contribution is -2.24. The van der Waals surface area contributed by atoms with Crippen molar-refractivity contribution in [1.29, 1.82) is 0 Å². The number of aliphatic imine (C=N–C) groups is 1. The van der Waals surface area contributed by atoms with Crippen LogP contribution in [0.4, 0.5) is 11.6 Å². The van der Waals surface area contributed by atoms with E-state index in [2.05, 4.69) is 19.4 Å². The zero-order valence-corrected chi connectivity index (χ0v) is 15.0. The highest BCUT2D eigenvalue weighted by Crippen LogP contribution is 2.23. The van der Waals surface area contributed by atoms with Crippen molar-refractivity contribution >= 4 is 28.9 Å². The molecule has 3 aromatic rings. The van der Waals surface area contributed by atoms with Crippen molar-refractivity contribution in [2.45, 2.75) is 19.4 Å². The minimum absolute atomic E-state index is 0.0426. The molecule has 2 aromatic carbocycles. The quantitative estimate of drug-likeness (QED) is 0.379. The first-order chi connectivity index (χ1) is 13.2. The van der Waals surface area contributed by atoms with Gasteiger partial charge in [0.25, 0.3) is 5.69 Å². The van der Waals surface area contributed by atoms with Gasteiger partial charge in [0.15, 0.2) is 0 Å². The molecule has 0 atom stereocenters. The molecule has 0 aliphatic carbocycles. The van der Waals surface area contributed by atoms with Gasteiger partial charge in [-0.1, -0.05) is 24.3 Å². The Hall–Kier alpha value is -3.06. The Bertz CT molecular complexity index is 989. The molecule has 0 spiro atoms. The Kier molecular flexibility index (Phi) is 4.93. The summed E-state index contributed by atoms with van der Waals surface area (Å²) in [6.07, 6.45) is 4.05. The van der Waals surface area contributed by atoms with Crippen molar-refractivity contribution < 1.29 is 4.92 Å². The van der Waals surface area contributed by atoms with Gasteiger partial charge in [-0.25, -0.2) is 9.98 Å². The van der Waals surface area contributed by atoms with Crippen LogP contribution in [0.3, 0.4) is 0 Å². The SMILES string of the molecule is O=[N+]([O-])c1ccccc1/C=N/c1nc2ccccc2n1CCN1CCCC1. The summed E-state index contributed by atoms with van der Waals surface area (Å²) in [7, 11) is 0. The molecule has 0 amide bonds. The molecule has 7 heteroatoms. The fraction of sp³-hybridized carbons (Fsp3) is 0.300. The zero-order chi connectivity index (χ0) is 18.6. The van der Waals surface area contributed by atoms with E-state index in [1.165, 1.54) is 25.1 Å². The molecule has 1 aliphatic heterocycles. The Morgan fingerprint density at radius 2 is 1.81 bits per heavy atom. The molecule has 4 rings (SSSR count). The normalized spacial score (nSPS) is 15.1. The van der Waals surface area contributed by atoms with Gasteiger partial charge in [-0.3, -0.25) is 10.1 Å². The topological polar surface area (TPSA) is 76.6 Å². The van der Waals surface area contributed by atoms with E-state index in [0.717, 1.165) is 37.2 Å². The fourth-order valence-electron chi connectivity index (χ4n) is 3.52. The Morgan fingerprint density at radius 3 is 2.63 bits per heavy atom. The molecule has 1 aliphatic rings. The molecule has 0 bridgehead atoms. The molecule has 1 saturated heterocycles. The molecule has 0 radical (unpaired) electrons. The monoisotopic (exact) mass is 363 g/mol. The van der Waals surface area contributed by atoms with Crippen LogP contribution in [0, 0.1) is 10.1 Å². The smallest absolute Gasteiger partial charge is 0.278 e. The summed E-state index contributed by atoms with van der Waals surface area (Å²) >= 11 is 0. The van der Waals surface area contributed by atoms with Gasteiger partial charge >= 0.3 is 0 Å². The Morgan fingerprint density at radius 1 is 1.07 bits per heavy atom. The second-order valence-corrected chi connectivity index (χ2v) is 6.68. The van der Waals surface area contributed by atoms with Crippen LogP contribution in [0.1, 0.15) is 18.4 Å². The van der Waals surface area contributed by atoms with Crippen LogP contribution in [-0.4, -0.2) is 45.2 Å². The second-order valence-electron chi connectivity index (χ2n) is 6.68. The van der Waals surface area contributed by atoms with E-state index in [1.807, 2.05) is 24.3 Å². The maximum absolute atomic E-state index is 11.2. The van der Waals surface area contributed by atoms with Gasteiger partial charge in [-0.2, -0.15) is 0 Å². The lowest BCUT2D eigenvalue weighted by atomic mass is 10.2. The third kappa shape index (κ3) is 3.73. The number of aromatic nitrogens is 2. The van der Waals surface area contributed by atoms with Gasteiger partial charge in [0.05, 0.1) is 21.5 Å². The highest BCUT2D eigenvalue weighted by atomic mass is 16.6. The van der Waals surface area contributed by atoms with Gasteiger partial charge < -0.3 is 9.47 Å². The molecule has 1 aromatic heterocycles. The summed E-state index contributed by atoms with van der Waals surface area (Å²) in [6, 6.07) is 14.5. The number of hydrogen-bond donors (Lipinski definition) is 0. The number of rotatable bonds is 6. The van der Waals surface area contributed by atoms with Crippen LogP contribution in [-0.2, 0) is 6.54 Å². The summed E-state index contributed by atoms with van der Waals surface area (Å²) in [5.41, 5.74) is 2.43. The van der Waals surface area contributed by atoms with E-state index in [0.29, 0.717) is 11.5 Å². The Labute approximate surface area is 157 Å². The lowest BCUT2D eigenvalue weighted by molar-refractivity contribution is -0.385. The predicted octanol–water partition coefficient (Wildman–Crippen LogP) is 3.79. The number of nitrogens with zero attached hydrogens (tertiary/aromatic N) is 5. The highest BCUT2D eigenvalue weighted by Gasteiger charge is 2.15. The van der Waals surface area contributed by atoms with Crippen LogP contribution in [0.2, 0.25) is 0 Å². The van der Waals surface area contributed by atoms with E-state index in [-0.39, 0.29) is 5.69 Å². The molecular weight excluding hydrogens is 342 g/mol. The number of imidazole rings is 1. The zero-order valence-electron chi connectivity index (χ0n) is 15.0. The summed E-state index contributed by atoms with van der Waals surface area (Å²) in [5.74, 6) is 0.577. The van der Waals surface area contributed by atoms with Crippen LogP contribution < -0.4 is 0 Å². The van der Waals surface area contributed by atoms with Crippen LogP contribution in [0.15, 0.2) is 53.5 Å². The molecular formula is C20H21N5O2. The van der Waals surface area contributed by atoms with Crippen molar-refractivity contribution in [2.75, 3.05) is 19.6 Å². The van der Waals surface area contributed by atoms with Crippen molar-refractivity contribution in [3.05, 3.63) is 64.2 Å². The molecule has 2 heterocycles. The number of nitro groups is 1. The van der Waals surface area contributed by atoms with E-state index in [4.69, 9.17) is 0 Å². The molecule has 7 nitrogen and oxygen atoms in total. The van der Waals surface area contributed by atoms with Gasteiger partial charge in [-0.15, -0.1) is 0 Å². The third-order valence-corrected chi connectivity index (χ3v) is 4.93. The van der Waals surface area contributed by atoms with Crippen LogP contribution >= 0.6 is 0 Å². The first-order valence-corrected chi connectivity index (χ1v) is 9.17. The van der Waals surface area contributed by atoms with E-state index in [9.17, 15) is 10.1 Å². The number of benzene rings is 2. The Balaban J connectivity index is 1.66. The number of para-hydroxylation sites is 3. The van der Waals surface area contributed by atoms with E-state index in [1.54, 1.807) is 18.2 Å². The van der Waals surface area contributed by atoms with E-state index >= 15 is 0 Å². The summed E-state index contributed by atoms with van der Waals surface area (Å²) < 4.78 is 2.10. The van der Waals surface area contributed by atoms with Crippen molar-refractivity contribution in [3.8, 4) is 0 Å². The fourth-order valence-corrected chi connectivity index (χ4v) is 3.52. The number of likely N-dealkylation sites (tertiary alicyclic amines) is 1. The van der Waals surface area contributed by atoms with Gasteiger partial charge in [0, 0.05) is 25.4 Å². The van der Waals surface area contributed by atoms with E-state index < -0.39 is 4.92 Å². The van der Waals surface area contributed by atoms with Crippen molar-refractivity contribution in [2.24, 2.45) is 4.99 Å². The number of nitro benzene ring substituents is 1. The molecule has 1 fully saturated rings. The highest BCUT2D eigenvalue weighted by molar-refractivity contribution is 5.87. The molecule has 0 N–H and O–H groups in total. The molecule has 27 heavy (non-hydrogen) atoms. The van der Waals surface area contributed by atoms with Crippen LogP contribution in [0.5, 0.6) is 0 Å². The predicted molar refractivity (Wildman–Crippen MR) is 106 cm³/mol. The summed E-state index contributed by atoms with van der Waals surface area (Å²) in [5, 5.41) is 11.2. The maximum atomic E-state index is 11.2. The number of hydrogen-bond acceptors (Lipinski definition) is 5. The first kappa shape index (κ1) is 17.4. The molecule has 0 saturated carbocycles. The second kappa shape index (κ2) is 7.67. The first-order valence-electron chi connectivity index (χ1n) is 9.17.